The van der Waals surface area contributed by atoms with Crippen LogP contribution in [0.5, 0.6) is 0 Å². The van der Waals surface area contributed by atoms with Crippen LogP contribution < -0.4 is 5.73 Å². The molecule has 1 aromatic carbocycles. The predicted octanol–water partition coefficient (Wildman–Crippen LogP) is 1.80. The zero-order chi connectivity index (χ0) is 15.2. The Labute approximate surface area is 127 Å². The summed E-state index contributed by atoms with van der Waals surface area (Å²) < 4.78 is 26.1. The van der Waals surface area contributed by atoms with Crippen molar-refractivity contribution < 1.29 is 8.42 Å². The summed E-state index contributed by atoms with van der Waals surface area (Å²) in [5, 5.41) is 0. The standard InChI is InChI=1S/C14H22N2O2S2/c1-3-16(11-12(2)14(15)19)20(17,18)10-9-13-7-5-4-6-8-13/h4-8,12H,3,9-11H2,1-2H3,(H2,15,19). The van der Waals surface area contributed by atoms with Gasteiger partial charge in [0.15, 0.2) is 0 Å². The Bertz CT molecular complexity index is 529. The second-order valence-corrected chi connectivity index (χ2v) is 7.37. The number of hydrogen-bond acceptors (Lipinski definition) is 3. The molecule has 1 aromatic rings. The Morgan fingerprint density at radius 2 is 1.95 bits per heavy atom. The number of rotatable bonds is 8. The summed E-state index contributed by atoms with van der Waals surface area (Å²) in [4.78, 5) is 0.349. The van der Waals surface area contributed by atoms with Crippen molar-refractivity contribution in [3.8, 4) is 0 Å². The van der Waals surface area contributed by atoms with Crippen LogP contribution in [0.15, 0.2) is 30.3 Å². The van der Waals surface area contributed by atoms with Crippen LogP contribution in [0.3, 0.4) is 0 Å². The fourth-order valence-corrected chi connectivity index (χ4v) is 3.53. The average molecular weight is 314 g/mol. The molecule has 0 aliphatic heterocycles. The SMILES string of the molecule is CCN(CC(C)C(N)=S)S(=O)(=O)CCc1ccccc1. The van der Waals surface area contributed by atoms with Gasteiger partial charge < -0.3 is 5.73 Å². The lowest BCUT2D eigenvalue weighted by Gasteiger charge is -2.23. The van der Waals surface area contributed by atoms with E-state index >= 15 is 0 Å². The zero-order valence-electron chi connectivity index (χ0n) is 12.0. The van der Waals surface area contributed by atoms with Crippen molar-refractivity contribution >= 4 is 27.2 Å². The molecule has 20 heavy (non-hydrogen) atoms. The lowest BCUT2D eigenvalue weighted by Crippen LogP contribution is -2.39. The zero-order valence-corrected chi connectivity index (χ0v) is 13.6. The van der Waals surface area contributed by atoms with Crippen LogP contribution in [0.2, 0.25) is 0 Å². The van der Waals surface area contributed by atoms with Crippen molar-refractivity contribution in [2.24, 2.45) is 11.7 Å². The second-order valence-electron chi connectivity index (χ2n) is 4.81. The van der Waals surface area contributed by atoms with Gasteiger partial charge in [0.05, 0.1) is 10.7 Å². The minimum absolute atomic E-state index is 0.106. The van der Waals surface area contributed by atoms with Crippen molar-refractivity contribution in [1.82, 2.24) is 4.31 Å². The third-order valence-corrected chi connectivity index (χ3v) is 5.52. The second kappa shape index (κ2) is 7.71. The van der Waals surface area contributed by atoms with Gasteiger partial charge in [-0.25, -0.2) is 12.7 Å². The van der Waals surface area contributed by atoms with Gasteiger partial charge in [-0.15, -0.1) is 0 Å². The van der Waals surface area contributed by atoms with E-state index in [0.29, 0.717) is 24.5 Å². The van der Waals surface area contributed by atoms with E-state index in [1.165, 1.54) is 4.31 Å². The van der Waals surface area contributed by atoms with Crippen LogP contribution in [0.4, 0.5) is 0 Å². The molecule has 0 amide bonds. The predicted molar refractivity (Wildman–Crippen MR) is 87.1 cm³/mol. The number of nitrogens with two attached hydrogens (primary N) is 1. The molecule has 0 aromatic heterocycles. The highest BCUT2D eigenvalue weighted by atomic mass is 32.2. The molecule has 0 spiro atoms. The van der Waals surface area contributed by atoms with Crippen molar-refractivity contribution in [3.63, 3.8) is 0 Å². The average Bonchev–Trinajstić information content (AvgIpc) is 2.43. The molecule has 0 saturated carbocycles. The van der Waals surface area contributed by atoms with E-state index < -0.39 is 10.0 Å². The molecule has 1 rings (SSSR count). The molecule has 0 heterocycles. The van der Waals surface area contributed by atoms with Gasteiger partial charge in [0.25, 0.3) is 0 Å². The van der Waals surface area contributed by atoms with Gasteiger partial charge in [0.2, 0.25) is 10.0 Å². The molecule has 6 heteroatoms. The highest BCUT2D eigenvalue weighted by molar-refractivity contribution is 7.89. The number of nitrogens with zero attached hydrogens (tertiary/aromatic N) is 1. The Hall–Kier alpha value is -0.980. The summed E-state index contributed by atoms with van der Waals surface area (Å²) in [7, 11) is -3.28. The molecule has 1 atom stereocenters. The fraction of sp³-hybridized carbons (Fsp3) is 0.500. The Morgan fingerprint density at radius 3 is 2.45 bits per heavy atom. The van der Waals surface area contributed by atoms with Crippen LogP contribution in [-0.2, 0) is 16.4 Å². The number of hydrogen-bond donors (Lipinski definition) is 1. The topological polar surface area (TPSA) is 63.4 Å². The third-order valence-electron chi connectivity index (χ3n) is 3.20. The molecule has 2 N–H and O–H groups in total. The van der Waals surface area contributed by atoms with Crippen molar-refractivity contribution in [3.05, 3.63) is 35.9 Å². The first-order chi connectivity index (χ1) is 9.36. The molecule has 1 unspecified atom stereocenters. The van der Waals surface area contributed by atoms with E-state index in [4.69, 9.17) is 18.0 Å². The summed E-state index contributed by atoms with van der Waals surface area (Å²) in [6.45, 7) is 4.46. The van der Waals surface area contributed by atoms with E-state index in [-0.39, 0.29) is 11.7 Å². The van der Waals surface area contributed by atoms with Crippen LogP contribution in [0.25, 0.3) is 0 Å². The van der Waals surface area contributed by atoms with Gasteiger partial charge in [-0.3, -0.25) is 0 Å². The first-order valence-electron chi connectivity index (χ1n) is 6.68. The van der Waals surface area contributed by atoms with E-state index in [1.807, 2.05) is 44.2 Å². The van der Waals surface area contributed by atoms with Gasteiger partial charge in [0.1, 0.15) is 0 Å². The first kappa shape index (κ1) is 17.1. The molecule has 0 radical (unpaired) electrons. The van der Waals surface area contributed by atoms with Gasteiger partial charge in [-0.2, -0.15) is 0 Å². The highest BCUT2D eigenvalue weighted by Gasteiger charge is 2.23. The van der Waals surface area contributed by atoms with Gasteiger partial charge >= 0.3 is 0 Å². The smallest absolute Gasteiger partial charge is 0.214 e. The molecule has 0 aliphatic rings. The van der Waals surface area contributed by atoms with Crippen molar-refractivity contribution in [2.45, 2.75) is 20.3 Å². The third kappa shape index (κ3) is 5.19. The van der Waals surface area contributed by atoms with Crippen LogP contribution in [0.1, 0.15) is 19.4 Å². The number of aryl methyl sites for hydroxylation is 1. The quantitative estimate of drug-likeness (QED) is 0.743. The van der Waals surface area contributed by atoms with Gasteiger partial charge in [0, 0.05) is 19.0 Å². The van der Waals surface area contributed by atoms with Crippen molar-refractivity contribution in [1.29, 1.82) is 0 Å². The molecular formula is C14H22N2O2S2. The minimum Gasteiger partial charge on any atom is -0.393 e. The summed E-state index contributed by atoms with van der Waals surface area (Å²) in [6, 6.07) is 9.61. The summed E-state index contributed by atoms with van der Waals surface area (Å²) in [6.07, 6.45) is 0.515. The molecule has 4 nitrogen and oxygen atoms in total. The summed E-state index contributed by atoms with van der Waals surface area (Å²) in [5.41, 5.74) is 6.58. The van der Waals surface area contributed by atoms with Crippen LogP contribution in [-0.4, -0.2) is 36.6 Å². The fourth-order valence-electron chi connectivity index (χ4n) is 1.86. The normalized spacial score (nSPS) is 13.3. The Balaban J connectivity index is 2.67. The van der Waals surface area contributed by atoms with Gasteiger partial charge in [-0.1, -0.05) is 56.4 Å². The van der Waals surface area contributed by atoms with Crippen LogP contribution >= 0.6 is 12.2 Å². The molecular weight excluding hydrogens is 292 g/mol. The number of thiocarbonyl (C=S) groups is 1. The first-order valence-corrected chi connectivity index (χ1v) is 8.69. The van der Waals surface area contributed by atoms with E-state index in [2.05, 4.69) is 0 Å². The highest BCUT2D eigenvalue weighted by Crippen LogP contribution is 2.10. The minimum atomic E-state index is -3.28. The number of benzene rings is 1. The lowest BCUT2D eigenvalue weighted by molar-refractivity contribution is 0.405. The summed E-state index contributed by atoms with van der Waals surface area (Å²) >= 11 is 4.90. The van der Waals surface area contributed by atoms with E-state index in [0.717, 1.165) is 5.56 Å². The van der Waals surface area contributed by atoms with Gasteiger partial charge in [-0.05, 0) is 12.0 Å². The molecule has 0 fully saturated rings. The van der Waals surface area contributed by atoms with E-state index in [1.54, 1.807) is 0 Å². The van der Waals surface area contributed by atoms with Crippen LogP contribution in [0, 0.1) is 5.92 Å². The maximum absolute atomic E-state index is 12.3. The monoisotopic (exact) mass is 314 g/mol. The molecule has 0 bridgehead atoms. The van der Waals surface area contributed by atoms with E-state index in [9.17, 15) is 8.42 Å². The molecule has 112 valence electrons. The lowest BCUT2D eigenvalue weighted by atomic mass is 10.2. The summed E-state index contributed by atoms with van der Waals surface area (Å²) in [5.74, 6) is -0.00834. The largest absolute Gasteiger partial charge is 0.393 e. The van der Waals surface area contributed by atoms with Crippen molar-refractivity contribution in [2.75, 3.05) is 18.8 Å². The maximum Gasteiger partial charge on any atom is 0.214 e. The maximum atomic E-state index is 12.3. The Morgan fingerprint density at radius 1 is 1.35 bits per heavy atom. The molecule has 0 saturated heterocycles. The number of sulfonamides is 1. The Kier molecular flexibility index (Phi) is 6.58. The molecule has 0 aliphatic carbocycles.